The highest BCUT2D eigenvalue weighted by Gasteiger charge is 2.04. The zero-order valence-electron chi connectivity index (χ0n) is 15.7. The van der Waals surface area contributed by atoms with Crippen LogP contribution in [0.5, 0.6) is 5.75 Å². The summed E-state index contributed by atoms with van der Waals surface area (Å²) in [4.78, 5) is 12.1. The second-order valence-corrected chi connectivity index (χ2v) is 6.25. The molecule has 3 aromatic rings. The summed E-state index contributed by atoms with van der Waals surface area (Å²) in [7, 11) is 0. The lowest BCUT2D eigenvalue weighted by Crippen LogP contribution is -2.25. The molecule has 0 radical (unpaired) electrons. The van der Waals surface area contributed by atoms with Gasteiger partial charge in [0.1, 0.15) is 5.75 Å². The molecule has 0 spiro atoms. The second kappa shape index (κ2) is 9.88. The van der Waals surface area contributed by atoms with Crippen molar-refractivity contribution in [3.05, 3.63) is 108 Å². The third-order valence-electron chi connectivity index (χ3n) is 3.96. The highest BCUT2D eigenvalue weighted by Crippen LogP contribution is 2.12. The number of hydrazone groups is 1. The van der Waals surface area contributed by atoms with Crippen molar-refractivity contribution in [1.29, 1.82) is 0 Å². The van der Waals surface area contributed by atoms with Crippen LogP contribution in [0.1, 0.15) is 16.7 Å². The molecule has 3 rings (SSSR count). The monoisotopic (exact) mass is 370 g/mol. The van der Waals surface area contributed by atoms with Crippen LogP contribution in [0.2, 0.25) is 0 Å². The molecule has 0 bridgehead atoms. The first kappa shape index (κ1) is 19.1. The van der Waals surface area contributed by atoms with Crippen LogP contribution < -0.4 is 10.2 Å². The number of aryl methyl sites for hydroxylation is 1. The summed E-state index contributed by atoms with van der Waals surface area (Å²) in [5.74, 6) is 0.342. The Bertz CT molecular complexity index is 964. The molecule has 0 saturated carbocycles. The fourth-order valence-corrected chi connectivity index (χ4v) is 2.56. The second-order valence-electron chi connectivity index (χ2n) is 6.25. The average Bonchev–Trinajstić information content (AvgIpc) is 2.74. The van der Waals surface area contributed by atoms with E-state index in [-0.39, 0.29) is 12.5 Å². The van der Waals surface area contributed by atoms with Gasteiger partial charge in [0.2, 0.25) is 0 Å². The predicted octanol–water partition coefficient (Wildman–Crippen LogP) is 4.61. The number of benzene rings is 3. The summed E-state index contributed by atoms with van der Waals surface area (Å²) in [5.41, 5.74) is 6.28. The molecule has 0 heterocycles. The minimum atomic E-state index is -0.317. The number of allylic oxidation sites excluding steroid dienone is 1. The summed E-state index contributed by atoms with van der Waals surface area (Å²) < 4.78 is 5.52. The van der Waals surface area contributed by atoms with E-state index in [1.54, 1.807) is 0 Å². The lowest BCUT2D eigenvalue weighted by molar-refractivity contribution is -0.123. The van der Waals surface area contributed by atoms with Crippen LogP contribution in [0.4, 0.5) is 0 Å². The highest BCUT2D eigenvalue weighted by molar-refractivity contribution is 6.11. The van der Waals surface area contributed by atoms with Gasteiger partial charge in [-0.05, 0) is 36.3 Å². The Kier molecular flexibility index (Phi) is 6.74. The standard InChI is InChI=1S/C24H22N2O2/c1-19-9-8-14-22(17-19)28-18-24(27)26-25-23(21-12-6-3-7-13-21)16-15-20-10-4-2-5-11-20/h2-17H,18H2,1H3,(H,26,27)/b16-15+,25-23-. The van der Waals surface area contributed by atoms with E-state index in [0.29, 0.717) is 11.5 Å². The van der Waals surface area contributed by atoms with Crippen LogP contribution in [0.15, 0.2) is 96.1 Å². The third kappa shape index (κ3) is 5.95. The van der Waals surface area contributed by atoms with Gasteiger partial charge in [-0.25, -0.2) is 5.43 Å². The summed E-state index contributed by atoms with van der Waals surface area (Å²) in [5, 5.41) is 4.29. The Morgan fingerprint density at radius 1 is 0.964 bits per heavy atom. The number of hydrogen-bond donors (Lipinski definition) is 1. The molecular formula is C24H22N2O2. The van der Waals surface area contributed by atoms with Crippen molar-refractivity contribution in [2.45, 2.75) is 6.92 Å². The van der Waals surface area contributed by atoms with Gasteiger partial charge in [-0.3, -0.25) is 4.79 Å². The van der Waals surface area contributed by atoms with E-state index in [0.717, 1.165) is 16.7 Å². The maximum Gasteiger partial charge on any atom is 0.277 e. The molecule has 0 aliphatic heterocycles. The van der Waals surface area contributed by atoms with E-state index in [4.69, 9.17) is 4.74 Å². The largest absolute Gasteiger partial charge is 0.484 e. The maximum absolute atomic E-state index is 12.1. The first-order chi connectivity index (χ1) is 13.7. The van der Waals surface area contributed by atoms with Crippen molar-refractivity contribution < 1.29 is 9.53 Å². The van der Waals surface area contributed by atoms with E-state index < -0.39 is 0 Å². The van der Waals surface area contributed by atoms with E-state index in [2.05, 4.69) is 10.5 Å². The zero-order chi connectivity index (χ0) is 19.6. The van der Waals surface area contributed by atoms with Gasteiger partial charge < -0.3 is 4.74 Å². The molecule has 0 aromatic heterocycles. The van der Waals surface area contributed by atoms with Crippen molar-refractivity contribution in [1.82, 2.24) is 5.43 Å². The van der Waals surface area contributed by atoms with Crippen molar-refractivity contribution >= 4 is 17.7 Å². The normalized spacial score (nSPS) is 11.4. The smallest absolute Gasteiger partial charge is 0.277 e. The van der Waals surface area contributed by atoms with Crippen LogP contribution in [-0.2, 0) is 4.79 Å². The highest BCUT2D eigenvalue weighted by atomic mass is 16.5. The molecule has 3 aromatic carbocycles. The Hall–Kier alpha value is -3.66. The van der Waals surface area contributed by atoms with Crippen LogP contribution in [0, 0.1) is 6.92 Å². The Morgan fingerprint density at radius 2 is 1.68 bits per heavy atom. The molecule has 1 amide bonds. The van der Waals surface area contributed by atoms with Crippen molar-refractivity contribution in [2.24, 2.45) is 5.10 Å². The lowest BCUT2D eigenvalue weighted by atomic mass is 10.1. The molecule has 140 valence electrons. The Morgan fingerprint density at radius 3 is 2.39 bits per heavy atom. The summed E-state index contributed by atoms with van der Waals surface area (Å²) in [6, 6.07) is 27.2. The Balaban J connectivity index is 1.68. The average molecular weight is 370 g/mol. The Labute approximate surface area is 165 Å². The van der Waals surface area contributed by atoms with E-state index in [1.165, 1.54) is 0 Å². The molecule has 0 fully saturated rings. The van der Waals surface area contributed by atoms with Crippen LogP contribution in [-0.4, -0.2) is 18.2 Å². The van der Waals surface area contributed by atoms with Gasteiger partial charge in [0, 0.05) is 5.56 Å². The number of ether oxygens (including phenoxy) is 1. The summed E-state index contributed by atoms with van der Waals surface area (Å²) in [6.07, 6.45) is 3.84. The minimum Gasteiger partial charge on any atom is -0.484 e. The van der Waals surface area contributed by atoms with Gasteiger partial charge in [0.25, 0.3) is 5.91 Å². The fraction of sp³-hybridized carbons (Fsp3) is 0.0833. The van der Waals surface area contributed by atoms with Gasteiger partial charge >= 0.3 is 0 Å². The van der Waals surface area contributed by atoms with Gasteiger partial charge in [-0.1, -0.05) is 78.9 Å². The molecule has 4 nitrogen and oxygen atoms in total. The summed E-state index contributed by atoms with van der Waals surface area (Å²) in [6.45, 7) is 1.87. The molecule has 28 heavy (non-hydrogen) atoms. The number of rotatable bonds is 7. The van der Waals surface area contributed by atoms with E-state index in [1.807, 2.05) is 104 Å². The summed E-state index contributed by atoms with van der Waals surface area (Å²) >= 11 is 0. The minimum absolute atomic E-state index is 0.0998. The number of amides is 1. The first-order valence-electron chi connectivity index (χ1n) is 9.05. The molecule has 0 aliphatic rings. The maximum atomic E-state index is 12.1. The van der Waals surface area contributed by atoms with Gasteiger partial charge in [0.15, 0.2) is 6.61 Å². The molecule has 0 aliphatic carbocycles. The molecule has 4 heteroatoms. The number of nitrogens with zero attached hydrogens (tertiary/aromatic N) is 1. The predicted molar refractivity (Wildman–Crippen MR) is 113 cm³/mol. The molecular weight excluding hydrogens is 348 g/mol. The van der Waals surface area contributed by atoms with Crippen LogP contribution >= 0.6 is 0 Å². The van der Waals surface area contributed by atoms with Crippen LogP contribution in [0.25, 0.3) is 6.08 Å². The van der Waals surface area contributed by atoms with Crippen LogP contribution in [0.3, 0.4) is 0 Å². The number of nitrogens with one attached hydrogen (secondary N) is 1. The lowest BCUT2D eigenvalue weighted by Gasteiger charge is -2.07. The molecule has 0 unspecified atom stereocenters. The SMILES string of the molecule is Cc1cccc(OCC(=O)N/N=C(/C=C/c2ccccc2)c2ccccc2)c1. The zero-order valence-corrected chi connectivity index (χ0v) is 15.7. The fourth-order valence-electron chi connectivity index (χ4n) is 2.56. The number of carbonyl (C=O) groups excluding carboxylic acids is 1. The topological polar surface area (TPSA) is 50.7 Å². The first-order valence-corrected chi connectivity index (χ1v) is 9.05. The van der Waals surface area contributed by atoms with Crippen molar-refractivity contribution in [3.63, 3.8) is 0 Å². The quantitative estimate of drug-likeness (QED) is 0.488. The van der Waals surface area contributed by atoms with Crippen molar-refractivity contribution in [3.8, 4) is 5.75 Å². The molecule has 0 saturated heterocycles. The van der Waals surface area contributed by atoms with Crippen molar-refractivity contribution in [2.75, 3.05) is 6.61 Å². The van der Waals surface area contributed by atoms with E-state index >= 15 is 0 Å². The number of carbonyl (C=O) groups is 1. The van der Waals surface area contributed by atoms with E-state index in [9.17, 15) is 4.79 Å². The number of hydrogen-bond acceptors (Lipinski definition) is 3. The molecule has 1 N–H and O–H groups in total. The van der Waals surface area contributed by atoms with Gasteiger partial charge in [-0.15, -0.1) is 0 Å². The van der Waals surface area contributed by atoms with Gasteiger partial charge in [-0.2, -0.15) is 5.10 Å². The molecule has 0 atom stereocenters. The third-order valence-corrected chi connectivity index (χ3v) is 3.96. The van der Waals surface area contributed by atoms with Gasteiger partial charge in [0.05, 0.1) is 5.71 Å².